The van der Waals surface area contributed by atoms with Crippen molar-refractivity contribution in [2.45, 2.75) is 194 Å². The molecule has 0 unspecified atom stereocenters. The molecule has 0 N–H and O–H groups in total. The van der Waals surface area contributed by atoms with E-state index in [1.54, 1.807) is 0 Å². The molecular weight excluding hydrogens is 536 g/mol. The van der Waals surface area contributed by atoms with Crippen LogP contribution in [0.1, 0.15) is 194 Å². The molecule has 0 bridgehead atoms. The van der Waals surface area contributed by atoms with Crippen molar-refractivity contribution >= 4 is 57.4 Å². The van der Waals surface area contributed by atoms with E-state index in [2.05, 4.69) is 13.8 Å². The van der Waals surface area contributed by atoms with Crippen molar-refractivity contribution in [2.24, 2.45) is 0 Å². The maximum atomic E-state index is 10.2. The molecule has 0 aromatic carbocycles. The molecule has 4 nitrogen and oxygen atoms in total. The number of carbonyl (C=O) groups excluding carboxylic acids is 2. The summed E-state index contributed by atoms with van der Waals surface area (Å²) in [5.74, 6) is -1.81. The SMILES string of the molecule is CCCCCCCCCCCCCCCC(=O)[O-].CCCCCCCCCCCCCCCC(=O)[O-].[Sr+2]. The Bertz CT molecular complexity index is 403. The molecule has 0 radical (unpaired) electrons. The van der Waals surface area contributed by atoms with Gasteiger partial charge in [0.1, 0.15) is 0 Å². The van der Waals surface area contributed by atoms with E-state index in [0.29, 0.717) is 0 Å². The predicted octanol–water partition coefficient (Wildman–Crippen LogP) is 8.05. The van der Waals surface area contributed by atoms with Gasteiger partial charge in [-0.05, 0) is 25.7 Å². The van der Waals surface area contributed by atoms with E-state index in [4.69, 9.17) is 0 Å². The maximum absolute atomic E-state index is 10.2. The molecule has 0 aliphatic heterocycles. The van der Waals surface area contributed by atoms with E-state index in [1.165, 1.54) is 141 Å². The summed E-state index contributed by atoms with van der Waals surface area (Å²) in [6.45, 7) is 4.51. The van der Waals surface area contributed by atoms with Gasteiger partial charge in [-0.1, -0.05) is 168 Å². The average Bonchev–Trinajstić information content (AvgIpc) is 2.85. The zero-order valence-corrected chi connectivity index (χ0v) is 28.6. The minimum absolute atomic E-state index is 0. The van der Waals surface area contributed by atoms with Crippen molar-refractivity contribution in [2.75, 3.05) is 0 Å². The van der Waals surface area contributed by atoms with E-state index in [9.17, 15) is 19.8 Å². The van der Waals surface area contributed by atoms with Gasteiger partial charge in [0.05, 0.1) is 0 Å². The van der Waals surface area contributed by atoms with Crippen LogP contribution in [0.15, 0.2) is 0 Å². The Morgan fingerprint density at radius 3 is 0.676 bits per heavy atom. The second-order valence-electron chi connectivity index (χ2n) is 10.7. The van der Waals surface area contributed by atoms with Crippen molar-refractivity contribution < 1.29 is 19.8 Å². The van der Waals surface area contributed by atoms with Crippen molar-refractivity contribution in [1.29, 1.82) is 0 Å². The van der Waals surface area contributed by atoms with E-state index < -0.39 is 11.9 Å². The van der Waals surface area contributed by atoms with Gasteiger partial charge in [0.25, 0.3) is 0 Å². The molecule has 0 aromatic heterocycles. The van der Waals surface area contributed by atoms with Crippen LogP contribution in [0.25, 0.3) is 0 Å². The van der Waals surface area contributed by atoms with Crippen molar-refractivity contribution in [3.05, 3.63) is 0 Å². The Kier molecular flexibility index (Phi) is 43.7. The van der Waals surface area contributed by atoms with Crippen LogP contribution in [-0.2, 0) is 9.59 Å². The molecule has 5 heteroatoms. The van der Waals surface area contributed by atoms with Gasteiger partial charge in [-0.2, -0.15) is 0 Å². The van der Waals surface area contributed by atoms with Crippen LogP contribution in [-0.4, -0.2) is 57.4 Å². The number of aliphatic carboxylic acids is 2. The normalized spacial score (nSPS) is 10.4. The summed E-state index contributed by atoms with van der Waals surface area (Å²) in [5.41, 5.74) is 0. The van der Waals surface area contributed by atoms with Crippen molar-refractivity contribution in [3.8, 4) is 0 Å². The molecule has 0 spiro atoms. The first-order valence-corrected chi connectivity index (χ1v) is 15.9. The fourth-order valence-electron chi connectivity index (χ4n) is 4.57. The molecule has 37 heavy (non-hydrogen) atoms. The summed E-state index contributed by atoms with van der Waals surface area (Å²) in [5, 5.41) is 20.4. The fraction of sp³-hybridized carbons (Fsp3) is 0.938. The van der Waals surface area contributed by atoms with Crippen LogP contribution in [0, 0.1) is 0 Å². The third-order valence-electron chi connectivity index (χ3n) is 6.97. The zero-order chi connectivity index (χ0) is 27.0. The Hall–Kier alpha value is 0.421. The van der Waals surface area contributed by atoms with E-state index in [-0.39, 0.29) is 58.3 Å². The Labute approximate surface area is 268 Å². The van der Waals surface area contributed by atoms with Gasteiger partial charge >= 0.3 is 45.5 Å². The molecule has 0 aliphatic carbocycles. The first-order valence-electron chi connectivity index (χ1n) is 15.9. The van der Waals surface area contributed by atoms with Crippen molar-refractivity contribution in [1.82, 2.24) is 0 Å². The molecule has 0 heterocycles. The van der Waals surface area contributed by atoms with Crippen LogP contribution in [0.5, 0.6) is 0 Å². The minimum atomic E-state index is -0.905. The van der Waals surface area contributed by atoms with Gasteiger partial charge in [-0.3, -0.25) is 0 Å². The number of carboxylic acids is 2. The molecule has 0 aromatic rings. The molecule has 0 saturated carbocycles. The fourth-order valence-corrected chi connectivity index (χ4v) is 4.57. The number of hydrogen-bond donors (Lipinski definition) is 0. The Morgan fingerprint density at radius 1 is 0.351 bits per heavy atom. The van der Waals surface area contributed by atoms with Gasteiger partial charge in [0.15, 0.2) is 0 Å². The molecule has 0 aliphatic rings. The molecule has 0 fully saturated rings. The summed E-state index contributed by atoms with van der Waals surface area (Å²) >= 11 is 0. The Balaban J connectivity index is -0.000000608. The van der Waals surface area contributed by atoms with Crippen LogP contribution >= 0.6 is 0 Å². The van der Waals surface area contributed by atoms with E-state index in [0.717, 1.165) is 25.7 Å². The summed E-state index contributed by atoms with van der Waals surface area (Å²) in [6.07, 6.45) is 33.9. The van der Waals surface area contributed by atoms with E-state index in [1.807, 2.05) is 0 Å². The summed E-state index contributed by atoms with van der Waals surface area (Å²) in [4.78, 5) is 20.4. The molecule has 0 rings (SSSR count). The van der Waals surface area contributed by atoms with Gasteiger partial charge in [0, 0.05) is 11.9 Å². The van der Waals surface area contributed by atoms with Gasteiger partial charge in [0.2, 0.25) is 0 Å². The van der Waals surface area contributed by atoms with Crippen LogP contribution < -0.4 is 10.2 Å². The average molecular weight is 598 g/mol. The smallest absolute Gasteiger partial charge is 0.550 e. The number of carbonyl (C=O) groups is 2. The van der Waals surface area contributed by atoms with Crippen LogP contribution in [0.3, 0.4) is 0 Å². The van der Waals surface area contributed by atoms with Gasteiger partial charge in [-0.25, -0.2) is 0 Å². The van der Waals surface area contributed by atoms with Crippen molar-refractivity contribution in [3.63, 3.8) is 0 Å². The number of unbranched alkanes of at least 4 members (excludes halogenated alkanes) is 24. The van der Waals surface area contributed by atoms with Gasteiger partial charge < -0.3 is 19.8 Å². The zero-order valence-electron chi connectivity index (χ0n) is 25.1. The molecular formula is C32H62O4Sr. The topological polar surface area (TPSA) is 80.3 Å². The van der Waals surface area contributed by atoms with Gasteiger partial charge in [-0.15, -0.1) is 0 Å². The number of rotatable bonds is 28. The predicted molar refractivity (Wildman–Crippen MR) is 156 cm³/mol. The molecule has 0 amide bonds. The minimum Gasteiger partial charge on any atom is -0.550 e. The van der Waals surface area contributed by atoms with E-state index >= 15 is 0 Å². The largest absolute Gasteiger partial charge is 2.00 e. The second-order valence-corrected chi connectivity index (χ2v) is 10.7. The third kappa shape index (κ3) is 46.6. The summed E-state index contributed by atoms with van der Waals surface area (Å²) in [7, 11) is 0. The number of hydrogen-bond acceptors (Lipinski definition) is 4. The first kappa shape index (κ1) is 41.9. The summed E-state index contributed by atoms with van der Waals surface area (Å²) < 4.78 is 0. The molecule has 0 saturated heterocycles. The molecule has 216 valence electrons. The second kappa shape index (κ2) is 38.6. The van der Waals surface area contributed by atoms with Crippen LogP contribution in [0.2, 0.25) is 0 Å². The monoisotopic (exact) mass is 598 g/mol. The quantitative estimate of drug-likeness (QED) is 0.0674. The number of carboxylic acid groups (broad SMARTS) is 2. The standard InChI is InChI=1S/2C16H32O2.Sr/c2*1-2-3-4-5-6-7-8-9-10-11-12-13-14-15-16(17)18;/h2*2-15H2,1H3,(H,17,18);/q;;+2/p-2. The Morgan fingerprint density at radius 2 is 0.514 bits per heavy atom. The first-order chi connectivity index (χ1) is 17.5. The van der Waals surface area contributed by atoms with Crippen LogP contribution in [0.4, 0.5) is 0 Å². The molecule has 0 atom stereocenters. The maximum Gasteiger partial charge on any atom is 2.00 e. The third-order valence-corrected chi connectivity index (χ3v) is 6.97. The summed E-state index contributed by atoms with van der Waals surface area (Å²) in [6, 6.07) is 0.